The third-order valence-corrected chi connectivity index (χ3v) is 6.69. The molecule has 2 amide bonds. The highest BCUT2D eigenvalue weighted by Crippen LogP contribution is 2.31. The van der Waals surface area contributed by atoms with E-state index in [-0.39, 0.29) is 18.2 Å². The molecule has 8 nitrogen and oxygen atoms in total. The van der Waals surface area contributed by atoms with Crippen molar-refractivity contribution in [3.8, 4) is 5.75 Å². The maximum Gasteiger partial charge on any atom is 0.337 e. The van der Waals surface area contributed by atoms with Gasteiger partial charge in [0.2, 0.25) is 11.8 Å². The van der Waals surface area contributed by atoms with Crippen molar-refractivity contribution in [2.24, 2.45) is 4.99 Å². The smallest absolute Gasteiger partial charge is 0.337 e. The minimum absolute atomic E-state index is 0.0882. The van der Waals surface area contributed by atoms with Crippen LogP contribution in [0.2, 0.25) is 0 Å². The Labute approximate surface area is 216 Å². The second-order valence-corrected chi connectivity index (χ2v) is 9.45. The molecule has 3 rings (SSSR count). The number of thioether (sulfide) groups is 1. The lowest BCUT2D eigenvalue weighted by atomic mass is 10.2. The number of hydrogen-bond acceptors (Lipinski definition) is 7. The predicted octanol–water partition coefficient (Wildman–Crippen LogP) is 5.29. The van der Waals surface area contributed by atoms with E-state index in [1.165, 1.54) is 36.6 Å². The van der Waals surface area contributed by atoms with Crippen molar-refractivity contribution < 1.29 is 23.9 Å². The van der Waals surface area contributed by atoms with Crippen molar-refractivity contribution >= 4 is 46.1 Å². The number of unbranched alkanes of at least 4 members (excludes halogenated alkanes) is 3. The lowest BCUT2D eigenvalue weighted by Gasteiger charge is -2.16. The number of esters is 1. The quantitative estimate of drug-likeness (QED) is 0.144. The van der Waals surface area contributed by atoms with Gasteiger partial charge < -0.3 is 14.8 Å². The molecule has 0 radical (unpaired) electrons. The largest absolute Gasteiger partial charge is 0.494 e. The maximum absolute atomic E-state index is 13.1. The fourth-order valence-corrected chi connectivity index (χ4v) is 4.78. The summed E-state index contributed by atoms with van der Waals surface area (Å²) in [4.78, 5) is 43.2. The van der Waals surface area contributed by atoms with Gasteiger partial charge in [-0.3, -0.25) is 14.6 Å². The monoisotopic (exact) mass is 511 g/mol. The molecule has 0 saturated carbocycles. The summed E-state index contributed by atoms with van der Waals surface area (Å²) in [5.41, 5.74) is 1.68. The zero-order valence-electron chi connectivity index (χ0n) is 21.0. The number of nitrogens with zero attached hydrogens (tertiary/aromatic N) is 2. The van der Waals surface area contributed by atoms with Crippen LogP contribution in [0, 0.1) is 0 Å². The molecule has 1 heterocycles. The van der Waals surface area contributed by atoms with Crippen LogP contribution in [0.15, 0.2) is 53.5 Å². The Hall–Kier alpha value is -3.33. The number of benzene rings is 2. The summed E-state index contributed by atoms with van der Waals surface area (Å²) in [7, 11) is 1.33. The van der Waals surface area contributed by atoms with Gasteiger partial charge in [-0.05, 0) is 61.9 Å². The molecule has 0 bridgehead atoms. The summed E-state index contributed by atoms with van der Waals surface area (Å²) in [6, 6.07) is 13.8. The van der Waals surface area contributed by atoms with Gasteiger partial charge in [0, 0.05) is 18.7 Å². The zero-order valence-corrected chi connectivity index (χ0v) is 21.8. The zero-order chi connectivity index (χ0) is 25.9. The second kappa shape index (κ2) is 13.7. The first kappa shape index (κ1) is 27.3. The van der Waals surface area contributed by atoms with E-state index in [1.807, 2.05) is 6.92 Å². The third kappa shape index (κ3) is 7.34. The third-order valence-electron chi connectivity index (χ3n) is 5.58. The van der Waals surface area contributed by atoms with Crippen molar-refractivity contribution in [3.05, 3.63) is 54.1 Å². The lowest BCUT2D eigenvalue weighted by molar-refractivity contribution is -0.121. The van der Waals surface area contributed by atoms with E-state index in [0.717, 1.165) is 18.6 Å². The molecule has 0 aromatic heterocycles. The summed E-state index contributed by atoms with van der Waals surface area (Å²) in [6.45, 7) is 5.22. The first-order valence-electron chi connectivity index (χ1n) is 12.2. The number of nitrogens with one attached hydrogen (secondary N) is 1. The van der Waals surface area contributed by atoms with Crippen LogP contribution in [-0.2, 0) is 14.3 Å². The molecule has 0 aliphatic carbocycles. The average molecular weight is 512 g/mol. The van der Waals surface area contributed by atoms with Crippen molar-refractivity contribution in [2.75, 3.05) is 30.5 Å². The molecule has 2 aromatic rings. The molecule has 2 aromatic carbocycles. The van der Waals surface area contributed by atoms with E-state index < -0.39 is 11.2 Å². The molecular formula is C27H33N3O5S. The van der Waals surface area contributed by atoms with E-state index >= 15 is 0 Å². The number of amidine groups is 1. The number of anilines is 2. The molecule has 1 saturated heterocycles. The molecule has 192 valence electrons. The van der Waals surface area contributed by atoms with Crippen LogP contribution in [0.25, 0.3) is 0 Å². The summed E-state index contributed by atoms with van der Waals surface area (Å²) in [5.74, 6) is -0.214. The topological polar surface area (TPSA) is 97.3 Å². The molecule has 0 spiro atoms. The van der Waals surface area contributed by atoms with Crippen LogP contribution in [0.1, 0.15) is 56.3 Å². The predicted molar refractivity (Wildman–Crippen MR) is 144 cm³/mol. The van der Waals surface area contributed by atoms with E-state index in [0.29, 0.717) is 35.3 Å². The van der Waals surface area contributed by atoms with Crippen LogP contribution in [0.4, 0.5) is 11.4 Å². The van der Waals surface area contributed by atoms with Gasteiger partial charge in [0.15, 0.2) is 5.17 Å². The molecule has 0 unspecified atom stereocenters. The number of rotatable bonds is 11. The van der Waals surface area contributed by atoms with Crippen LogP contribution in [-0.4, -0.2) is 48.5 Å². The minimum atomic E-state index is -0.584. The Balaban J connectivity index is 1.61. The van der Waals surface area contributed by atoms with Crippen molar-refractivity contribution in [1.82, 2.24) is 0 Å². The van der Waals surface area contributed by atoms with Gasteiger partial charge in [0.05, 0.1) is 25.0 Å². The van der Waals surface area contributed by atoms with Gasteiger partial charge >= 0.3 is 5.97 Å². The first-order valence-corrected chi connectivity index (χ1v) is 13.1. The van der Waals surface area contributed by atoms with E-state index in [1.54, 1.807) is 48.5 Å². The Morgan fingerprint density at radius 2 is 1.78 bits per heavy atom. The lowest BCUT2D eigenvalue weighted by Crippen LogP contribution is -2.31. The number of hydrogen-bond donors (Lipinski definition) is 1. The van der Waals surface area contributed by atoms with Crippen LogP contribution >= 0.6 is 11.8 Å². The highest BCUT2D eigenvalue weighted by atomic mass is 32.2. The molecular weight excluding hydrogens is 478 g/mol. The molecule has 1 aliphatic heterocycles. The molecule has 1 aliphatic rings. The fraction of sp³-hybridized carbons (Fsp3) is 0.407. The molecule has 1 N–H and O–H groups in total. The van der Waals surface area contributed by atoms with Gasteiger partial charge in [-0.2, -0.15) is 0 Å². The van der Waals surface area contributed by atoms with Crippen LogP contribution in [0.3, 0.4) is 0 Å². The van der Waals surface area contributed by atoms with Crippen LogP contribution in [0.5, 0.6) is 5.75 Å². The van der Waals surface area contributed by atoms with Gasteiger partial charge in [-0.1, -0.05) is 37.9 Å². The molecule has 1 atom stereocenters. The average Bonchev–Trinajstić information content (AvgIpc) is 3.16. The number of aliphatic imine (C=N–C) groups is 1. The standard InChI is InChI=1S/C27H33N3O5S/c1-4-6-7-8-17-35-22-15-13-21(14-16-22)30-24(31)18-23(25(30)32)36-27(28-5-2)29-20-11-9-19(10-12-20)26(33)34-3/h9-16,23H,4-8,17-18H2,1-3H3,(H,28,29)/t23-/m1/s1. The SMILES string of the molecule is CCCCCCOc1ccc(N2C(=O)C[C@@H](SC(=NCC)Nc3ccc(C(=O)OC)cc3)C2=O)cc1. The highest BCUT2D eigenvalue weighted by molar-refractivity contribution is 8.15. The minimum Gasteiger partial charge on any atom is -0.494 e. The van der Waals surface area contributed by atoms with Crippen molar-refractivity contribution in [1.29, 1.82) is 0 Å². The second-order valence-electron chi connectivity index (χ2n) is 8.25. The van der Waals surface area contributed by atoms with Crippen molar-refractivity contribution in [3.63, 3.8) is 0 Å². The normalized spacial score (nSPS) is 15.8. The summed E-state index contributed by atoms with van der Waals surface area (Å²) in [6.07, 6.45) is 4.61. The fourth-order valence-electron chi connectivity index (χ4n) is 3.69. The maximum atomic E-state index is 13.1. The van der Waals surface area contributed by atoms with Gasteiger partial charge in [0.25, 0.3) is 0 Å². The van der Waals surface area contributed by atoms with E-state index in [2.05, 4.69) is 17.2 Å². The Kier molecular flexibility index (Phi) is 10.4. The van der Waals surface area contributed by atoms with Gasteiger partial charge in [-0.25, -0.2) is 9.69 Å². The highest BCUT2D eigenvalue weighted by Gasteiger charge is 2.40. The number of carbonyl (C=O) groups is 3. The number of imide groups is 1. The molecule has 1 fully saturated rings. The van der Waals surface area contributed by atoms with Gasteiger partial charge in [-0.15, -0.1) is 0 Å². The van der Waals surface area contributed by atoms with Crippen molar-refractivity contribution in [2.45, 2.75) is 51.2 Å². The number of carbonyl (C=O) groups excluding carboxylic acids is 3. The summed E-state index contributed by atoms with van der Waals surface area (Å²) < 4.78 is 10.5. The Morgan fingerprint density at radius 1 is 1.06 bits per heavy atom. The van der Waals surface area contributed by atoms with E-state index in [4.69, 9.17) is 9.47 Å². The number of ether oxygens (including phenoxy) is 2. The number of methoxy groups -OCH3 is 1. The van der Waals surface area contributed by atoms with Crippen LogP contribution < -0.4 is 15.0 Å². The first-order chi connectivity index (χ1) is 17.5. The Morgan fingerprint density at radius 3 is 2.42 bits per heavy atom. The Bertz CT molecular complexity index is 1070. The van der Waals surface area contributed by atoms with E-state index in [9.17, 15) is 14.4 Å². The van der Waals surface area contributed by atoms with Gasteiger partial charge in [0.1, 0.15) is 11.0 Å². The summed E-state index contributed by atoms with van der Waals surface area (Å²) in [5, 5.41) is 3.13. The number of amides is 2. The summed E-state index contributed by atoms with van der Waals surface area (Å²) >= 11 is 1.23. The molecule has 36 heavy (non-hydrogen) atoms. The molecule has 9 heteroatoms.